The summed E-state index contributed by atoms with van der Waals surface area (Å²) in [7, 11) is 0. The van der Waals surface area contributed by atoms with Gasteiger partial charge in [0.25, 0.3) is 0 Å². The molecule has 0 aromatic carbocycles. The van der Waals surface area contributed by atoms with Crippen molar-refractivity contribution in [1.29, 1.82) is 0 Å². The van der Waals surface area contributed by atoms with Crippen LogP contribution in [0.25, 0.3) is 0 Å². The number of nitrogens with zero attached hydrogens (tertiary/aromatic N) is 1. The van der Waals surface area contributed by atoms with Gasteiger partial charge >= 0.3 is 0 Å². The van der Waals surface area contributed by atoms with Crippen LogP contribution < -0.4 is 0 Å². The largest absolute Gasteiger partial charge is 0.292 e. The van der Waals surface area contributed by atoms with Gasteiger partial charge in [0.2, 0.25) is 0 Å². The summed E-state index contributed by atoms with van der Waals surface area (Å²) >= 11 is 0. The highest BCUT2D eigenvalue weighted by Gasteiger charge is 2.19. The first-order valence-corrected chi connectivity index (χ1v) is 5.04. The van der Waals surface area contributed by atoms with Gasteiger partial charge in [0.15, 0.2) is 0 Å². The summed E-state index contributed by atoms with van der Waals surface area (Å²) in [5, 5.41) is 0. The summed E-state index contributed by atoms with van der Waals surface area (Å²) in [4.78, 5) is 4.52. The van der Waals surface area contributed by atoms with E-state index >= 15 is 0 Å². The first-order valence-electron chi connectivity index (χ1n) is 5.04. The van der Waals surface area contributed by atoms with Crippen molar-refractivity contribution >= 4 is 6.21 Å². The molecule has 0 bridgehead atoms. The lowest BCUT2D eigenvalue weighted by Crippen LogP contribution is -2.21. The minimum Gasteiger partial charge on any atom is -0.292 e. The van der Waals surface area contributed by atoms with E-state index in [0.717, 1.165) is 12.3 Å². The molecule has 0 saturated carbocycles. The third kappa shape index (κ3) is 4.53. The zero-order valence-electron chi connectivity index (χ0n) is 9.22. The fraction of sp³-hybridized carbons (Fsp3) is 0.909. The van der Waals surface area contributed by atoms with Crippen molar-refractivity contribution in [2.24, 2.45) is 10.9 Å². The van der Waals surface area contributed by atoms with Crippen molar-refractivity contribution in [3.8, 4) is 0 Å². The second-order valence-corrected chi connectivity index (χ2v) is 4.17. The number of aliphatic imine (C=N–C) groups is 1. The maximum absolute atomic E-state index is 4.52. The Morgan fingerprint density at radius 2 is 2.00 bits per heavy atom. The van der Waals surface area contributed by atoms with Crippen molar-refractivity contribution in [3.05, 3.63) is 0 Å². The van der Waals surface area contributed by atoms with Crippen LogP contribution in [0, 0.1) is 5.92 Å². The second kappa shape index (κ2) is 5.34. The van der Waals surface area contributed by atoms with Crippen LogP contribution in [0.4, 0.5) is 0 Å². The van der Waals surface area contributed by atoms with Gasteiger partial charge in [0.1, 0.15) is 0 Å². The van der Waals surface area contributed by atoms with Crippen molar-refractivity contribution in [2.45, 2.75) is 59.4 Å². The minimum absolute atomic E-state index is 0.193. The number of hydrogen-bond donors (Lipinski definition) is 0. The van der Waals surface area contributed by atoms with Crippen LogP contribution in [-0.4, -0.2) is 11.8 Å². The highest BCUT2D eigenvalue weighted by atomic mass is 14.8. The molecule has 0 aliphatic rings. The summed E-state index contributed by atoms with van der Waals surface area (Å²) in [6.45, 7) is 11.0. The molecule has 0 heterocycles. The van der Waals surface area contributed by atoms with Crippen LogP contribution in [0.5, 0.6) is 0 Å². The number of rotatable bonds is 5. The van der Waals surface area contributed by atoms with Crippen molar-refractivity contribution in [2.75, 3.05) is 0 Å². The molecule has 0 aromatic heterocycles. The maximum atomic E-state index is 4.52. The molecule has 12 heavy (non-hydrogen) atoms. The van der Waals surface area contributed by atoms with Crippen molar-refractivity contribution in [1.82, 2.24) is 0 Å². The van der Waals surface area contributed by atoms with Crippen LogP contribution in [0.3, 0.4) is 0 Å². The molecule has 1 heteroatoms. The van der Waals surface area contributed by atoms with Gasteiger partial charge in [-0.1, -0.05) is 20.8 Å². The van der Waals surface area contributed by atoms with E-state index in [1.807, 2.05) is 13.1 Å². The van der Waals surface area contributed by atoms with Crippen molar-refractivity contribution < 1.29 is 0 Å². The van der Waals surface area contributed by atoms with Crippen molar-refractivity contribution in [3.63, 3.8) is 0 Å². The maximum Gasteiger partial charge on any atom is 0.0573 e. The zero-order chi connectivity index (χ0) is 9.61. The molecule has 72 valence electrons. The monoisotopic (exact) mass is 169 g/mol. The predicted octanol–water partition coefficient (Wildman–Crippen LogP) is 3.68. The summed E-state index contributed by atoms with van der Waals surface area (Å²) in [5.74, 6) is 0.794. The zero-order valence-corrected chi connectivity index (χ0v) is 9.22. The van der Waals surface area contributed by atoms with Gasteiger partial charge in [-0.2, -0.15) is 0 Å². The van der Waals surface area contributed by atoms with Gasteiger partial charge in [-0.15, -0.1) is 0 Å². The molecule has 1 nitrogen and oxygen atoms in total. The highest BCUT2D eigenvalue weighted by Crippen LogP contribution is 2.23. The van der Waals surface area contributed by atoms with Gasteiger partial charge in [-0.05, 0) is 45.2 Å². The molecule has 0 aliphatic carbocycles. The van der Waals surface area contributed by atoms with Gasteiger partial charge in [-0.25, -0.2) is 0 Å². The molecule has 1 atom stereocenters. The number of hydrogen-bond acceptors (Lipinski definition) is 1. The first kappa shape index (κ1) is 11.7. The smallest absolute Gasteiger partial charge is 0.0573 e. The lowest BCUT2D eigenvalue weighted by atomic mass is 9.90. The average molecular weight is 169 g/mol. The van der Waals surface area contributed by atoms with E-state index in [4.69, 9.17) is 0 Å². The fourth-order valence-corrected chi connectivity index (χ4v) is 1.24. The van der Waals surface area contributed by atoms with Gasteiger partial charge in [-0.3, -0.25) is 4.99 Å². The molecular weight excluding hydrogens is 146 g/mol. The predicted molar refractivity (Wildman–Crippen MR) is 56.9 cm³/mol. The van der Waals surface area contributed by atoms with E-state index in [1.165, 1.54) is 12.8 Å². The Kier molecular flexibility index (Phi) is 5.19. The molecule has 0 fully saturated rings. The lowest BCUT2D eigenvalue weighted by molar-refractivity contribution is 0.378. The Hall–Kier alpha value is -0.330. The third-order valence-corrected chi connectivity index (χ3v) is 2.46. The van der Waals surface area contributed by atoms with Gasteiger partial charge < -0.3 is 0 Å². The summed E-state index contributed by atoms with van der Waals surface area (Å²) in [6.07, 6.45) is 5.57. The first-order chi connectivity index (χ1) is 5.54. The van der Waals surface area contributed by atoms with E-state index in [1.54, 1.807) is 0 Å². The van der Waals surface area contributed by atoms with E-state index in [9.17, 15) is 0 Å². The molecular formula is C11H23N. The molecule has 0 saturated heterocycles. The van der Waals surface area contributed by atoms with Crippen LogP contribution in [0.1, 0.15) is 53.9 Å². The Morgan fingerprint density at radius 1 is 1.42 bits per heavy atom. The average Bonchev–Trinajstić information content (AvgIpc) is 2.02. The minimum atomic E-state index is 0.193. The lowest BCUT2D eigenvalue weighted by Gasteiger charge is -2.24. The molecule has 0 radical (unpaired) electrons. The standard InChI is InChI=1S/C11H23N/c1-6-11(5,12-7-2)9-8-10(3)4/h7,10H,6,8-9H2,1-5H3. The Bertz CT molecular complexity index is 138. The Labute approximate surface area is 77.3 Å². The van der Waals surface area contributed by atoms with E-state index in [-0.39, 0.29) is 5.54 Å². The fourth-order valence-electron chi connectivity index (χ4n) is 1.24. The normalized spacial score (nSPS) is 17.2. The Morgan fingerprint density at radius 3 is 2.33 bits per heavy atom. The third-order valence-electron chi connectivity index (χ3n) is 2.46. The molecule has 0 rings (SSSR count). The molecule has 0 N–H and O–H groups in total. The van der Waals surface area contributed by atoms with Crippen LogP contribution in [0.15, 0.2) is 4.99 Å². The highest BCUT2D eigenvalue weighted by molar-refractivity contribution is 5.54. The summed E-state index contributed by atoms with van der Waals surface area (Å²) in [5.41, 5.74) is 0.193. The molecule has 0 spiro atoms. The molecule has 0 amide bonds. The van der Waals surface area contributed by atoms with E-state index in [0.29, 0.717) is 0 Å². The summed E-state index contributed by atoms with van der Waals surface area (Å²) < 4.78 is 0. The molecule has 0 aliphatic heterocycles. The SMILES string of the molecule is CC=NC(C)(CC)CCC(C)C. The second-order valence-electron chi connectivity index (χ2n) is 4.17. The molecule has 1 unspecified atom stereocenters. The van der Waals surface area contributed by atoms with E-state index < -0.39 is 0 Å². The van der Waals surface area contributed by atoms with Gasteiger partial charge in [0, 0.05) is 0 Å². The van der Waals surface area contributed by atoms with E-state index in [2.05, 4.69) is 32.7 Å². The van der Waals surface area contributed by atoms with Crippen LogP contribution in [-0.2, 0) is 0 Å². The van der Waals surface area contributed by atoms with Crippen LogP contribution >= 0.6 is 0 Å². The quantitative estimate of drug-likeness (QED) is 0.557. The summed E-state index contributed by atoms with van der Waals surface area (Å²) in [6, 6.07) is 0. The topological polar surface area (TPSA) is 12.4 Å². The Balaban J connectivity index is 3.96. The van der Waals surface area contributed by atoms with Crippen LogP contribution in [0.2, 0.25) is 0 Å². The van der Waals surface area contributed by atoms with Gasteiger partial charge in [0.05, 0.1) is 5.54 Å². The molecule has 0 aromatic rings.